The molecule has 0 bridgehead atoms. The van der Waals surface area contributed by atoms with E-state index in [0.717, 1.165) is 6.54 Å². The highest BCUT2D eigenvalue weighted by atomic mass is 32.2. The number of amides is 1. The summed E-state index contributed by atoms with van der Waals surface area (Å²) in [6.07, 6.45) is 0. The number of sulfonamides is 1. The Hall–Kier alpha value is -2.75. The Labute approximate surface area is 201 Å². The van der Waals surface area contributed by atoms with Gasteiger partial charge in [-0.2, -0.15) is 4.31 Å². The molecule has 1 aliphatic rings. The van der Waals surface area contributed by atoms with E-state index in [-0.39, 0.29) is 22.4 Å². The van der Waals surface area contributed by atoms with Crippen molar-refractivity contribution in [2.45, 2.75) is 38.3 Å². The number of piperazine rings is 1. The second kappa shape index (κ2) is 11.6. The average molecular weight is 488 g/mol. The molecule has 1 N–H and O–H groups in total. The molecule has 2 aromatic carbocycles. The molecule has 0 aromatic heterocycles. The molecule has 0 spiro atoms. The minimum Gasteiger partial charge on any atom is -0.452 e. The molecule has 1 atom stereocenters. The fraction of sp³-hybridized carbons (Fsp3) is 0.440. The summed E-state index contributed by atoms with van der Waals surface area (Å²) >= 11 is 0. The third-order valence-electron chi connectivity index (χ3n) is 6.01. The minimum absolute atomic E-state index is 0.0383. The van der Waals surface area contributed by atoms with Crippen molar-refractivity contribution in [2.75, 3.05) is 32.8 Å². The first-order chi connectivity index (χ1) is 16.2. The lowest BCUT2D eigenvalue weighted by Gasteiger charge is -2.34. The lowest BCUT2D eigenvalue weighted by molar-refractivity contribution is -0.125. The van der Waals surface area contributed by atoms with Crippen LogP contribution in [0.15, 0.2) is 59.5 Å². The molecule has 8 nitrogen and oxygen atoms in total. The van der Waals surface area contributed by atoms with Crippen molar-refractivity contribution in [3.8, 4) is 0 Å². The first kappa shape index (κ1) is 25.9. The molecular weight excluding hydrogens is 454 g/mol. The molecule has 184 valence electrons. The van der Waals surface area contributed by atoms with Gasteiger partial charge in [-0.3, -0.25) is 9.69 Å². The van der Waals surface area contributed by atoms with Crippen molar-refractivity contribution in [2.24, 2.45) is 5.92 Å². The number of rotatable bonds is 9. The summed E-state index contributed by atoms with van der Waals surface area (Å²) in [6, 6.07) is 15.8. The number of nitrogens with zero attached hydrogens (tertiary/aromatic N) is 2. The van der Waals surface area contributed by atoms with Crippen LogP contribution in [-0.4, -0.2) is 68.3 Å². The molecular formula is C25H33N3O5S. The van der Waals surface area contributed by atoms with Crippen molar-refractivity contribution >= 4 is 21.9 Å². The Balaban J connectivity index is 1.57. The summed E-state index contributed by atoms with van der Waals surface area (Å²) in [5, 5.41) is 2.76. The maximum absolute atomic E-state index is 13.2. The SMILES string of the molecule is CC(C)C(C)NC(=O)COC(=O)c1cccc(S(=O)(=O)N2CCN(Cc3ccccc3)CC2)c1. The summed E-state index contributed by atoms with van der Waals surface area (Å²) in [7, 11) is -3.75. The van der Waals surface area contributed by atoms with E-state index in [9.17, 15) is 18.0 Å². The van der Waals surface area contributed by atoms with Crippen molar-refractivity contribution < 1.29 is 22.7 Å². The molecule has 9 heteroatoms. The van der Waals surface area contributed by atoms with E-state index in [4.69, 9.17) is 4.74 Å². The van der Waals surface area contributed by atoms with Crippen molar-refractivity contribution in [1.82, 2.24) is 14.5 Å². The van der Waals surface area contributed by atoms with Crippen LogP contribution in [0.2, 0.25) is 0 Å². The van der Waals surface area contributed by atoms with Gasteiger partial charge in [0.25, 0.3) is 5.91 Å². The smallest absolute Gasteiger partial charge is 0.338 e. The number of carbonyl (C=O) groups excluding carboxylic acids is 2. The first-order valence-corrected chi connectivity index (χ1v) is 12.9. The third kappa shape index (κ3) is 6.88. The van der Waals surface area contributed by atoms with Crippen LogP contribution in [0.1, 0.15) is 36.7 Å². The van der Waals surface area contributed by atoms with E-state index < -0.39 is 28.5 Å². The normalized spacial score (nSPS) is 16.2. The molecule has 3 rings (SSSR count). The zero-order chi connectivity index (χ0) is 24.7. The Morgan fingerprint density at radius 2 is 1.65 bits per heavy atom. The number of hydrogen-bond donors (Lipinski definition) is 1. The molecule has 0 radical (unpaired) electrons. The monoisotopic (exact) mass is 487 g/mol. The van der Waals surface area contributed by atoms with Crippen LogP contribution in [0.5, 0.6) is 0 Å². The average Bonchev–Trinajstić information content (AvgIpc) is 2.83. The second-order valence-electron chi connectivity index (χ2n) is 8.87. The molecule has 0 saturated carbocycles. The van der Waals surface area contributed by atoms with Crippen LogP contribution in [-0.2, 0) is 26.1 Å². The van der Waals surface area contributed by atoms with Crippen LogP contribution in [0.3, 0.4) is 0 Å². The van der Waals surface area contributed by atoms with Gasteiger partial charge in [-0.15, -0.1) is 0 Å². The Morgan fingerprint density at radius 1 is 0.971 bits per heavy atom. The largest absolute Gasteiger partial charge is 0.452 e. The van der Waals surface area contributed by atoms with Gasteiger partial charge in [0, 0.05) is 38.8 Å². The van der Waals surface area contributed by atoms with Crippen molar-refractivity contribution in [1.29, 1.82) is 0 Å². The molecule has 2 aromatic rings. The topological polar surface area (TPSA) is 96.0 Å². The highest BCUT2D eigenvalue weighted by Gasteiger charge is 2.29. The molecule has 1 amide bonds. The van der Waals surface area contributed by atoms with Crippen LogP contribution in [0.4, 0.5) is 0 Å². The van der Waals surface area contributed by atoms with E-state index >= 15 is 0 Å². The fourth-order valence-corrected chi connectivity index (χ4v) is 5.05. The van der Waals surface area contributed by atoms with E-state index in [2.05, 4.69) is 22.3 Å². The van der Waals surface area contributed by atoms with E-state index in [1.807, 2.05) is 39.0 Å². The molecule has 34 heavy (non-hydrogen) atoms. The first-order valence-electron chi connectivity index (χ1n) is 11.5. The summed E-state index contributed by atoms with van der Waals surface area (Å²) in [5.41, 5.74) is 1.28. The number of carbonyl (C=O) groups is 2. The highest BCUT2D eigenvalue weighted by Crippen LogP contribution is 2.20. The van der Waals surface area contributed by atoms with Gasteiger partial charge in [-0.05, 0) is 36.6 Å². The number of ether oxygens (including phenoxy) is 1. The zero-order valence-electron chi connectivity index (χ0n) is 19.9. The van der Waals surface area contributed by atoms with Crippen LogP contribution < -0.4 is 5.32 Å². The molecule has 1 heterocycles. The predicted octanol–water partition coefficient (Wildman–Crippen LogP) is 2.51. The number of esters is 1. The van der Waals surface area contributed by atoms with Gasteiger partial charge in [-0.1, -0.05) is 50.2 Å². The standard InChI is InChI=1S/C25H33N3O5S/c1-19(2)20(3)26-24(29)18-33-25(30)22-10-7-11-23(16-22)34(31,32)28-14-12-27(13-15-28)17-21-8-5-4-6-9-21/h4-11,16,19-20H,12-15,17-18H2,1-3H3,(H,26,29). The number of nitrogens with one attached hydrogen (secondary N) is 1. The van der Waals surface area contributed by atoms with Crippen molar-refractivity contribution in [3.63, 3.8) is 0 Å². The Kier molecular flexibility index (Phi) is 8.82. The molecule has 0 aliphatic carbocycles. The number of hydrogen-bond acceptors (Lipinski definition) is 6. The lowest BCUT2D eigenvalue weighted by Crippen LogP contribution is -2.48. The highest BCUT2D eigenvalue weighted by molar-refractivity contribution is 7.89. The quantitative estimate of drug-likeness (QED) is 0.546. The number of benzene rings is 2. The molecule has 1 aliphatic heterocycles. The third-order valence-corrected chi connectivity index (χ3v) is 7.91. The zero-order valence-corrected chi connectivity index (χ0v) is 20.8. The van der Waals surface area contributed by atoms with E-state index in [1.165, 1.54) is 34.1 Å². The maximum Gasteiger partial charge on any atom is 0.338 e. The van der Waals surface area contributed by atoms with Gasteiger partial charge >= 0.3 is 5.97 Å². The van der Waals surface area contributed by atoms with Gasteiger partial charge in [-0.25, -0.2) is 13.2 Å². The second-order valence-corrected chi connectivity index (χ2v) is 10.8. The van der Waals surface area contributed by atoms with Gasteiger partial charge in [0.1, 0.15) is 0 Å². The summed E-state index contributed by atoms with van der Waals surface area (Å²) < 4.78 is 32.9. The van der Waals surface area contributed by atoms with Crippen LogP contribution in [0.25, 0.3) is 0 Å². The van der Waals surface area contributed by atoms with Gasteiger partial charge < -0.3 is 10.1 Å². The van der Waals surface area contributed by atoms with Gasteiger partial charge in [0.2, 0.25) is 10.0 Å². The van der Waals surface area contributed by atoms with E-state index in [1.54, 1.807) is 0 Å². The molecule has 1 fully saturated rings. The Morgan fingerprint density at radius 3 is 2.29 bits per heavy atom. The van der Waals surface area contributed by atoms with Crippen molar-refractivity contribution in [3.05, 3.63) is 65.7 Å². The molecule has 1 saturated heterocycles. The minimum atomic E-state index is -3.75. The predicted molar refractivity (Wildman–Crippen MR) is 130 cm³/mol. The summed E-state index contributed by atoms with van der Waals surface area (Å²) in [4.78, 5) is 26.7. The Bertz CT molecular complexity index is 1080. The fourth-order valence-electron chi connectivity index (χ4n) is 3.58. The van der Waals surface area contributed by atoms with Gasteiger partial charge in [0.15, 0.2) is 6.61 Å². The molecule has 1 unspecified atom stereocenters. The van der Waals surface area contributed by atoms with Crippen LogP contribution >= 0.6 is 0 Å². The van der Waals surface area contributed by atoms with Crippen LogP contribution in [0, 0.1) is 5.92 Å². The maximum atomic E-state index is 13.2. The summed E-state index contributed by atoms with van der Waals surface area (Å²) in [5.74, 6) is -0.884. The van der Waals surface area contributed by atoms with E-state index in [0.29, 0.717) is 26.2 Å². The lowest BCUT2D eigenvalue weighted by atomic mass is 10.1. The summed E-state index contributed by atoms with van der Waals surface area (Å²) in [6.45, 7) is 8.18. The van der Waals surface area contributed by atoms with Gasteiger partial charge in [0.05, 0.1) is 10.5 Å².